The van der Waals surface area contributed by atoms with Crippen LogP contribution in [-0.2, 0) is 22.9 Å². The Bertz CT molecular complexity index is 834. The van der Waals surface area contributed by atoms with Gasteiger partial charge in [0.05, 0.1) is 4.90 Å². The highest BCUT2D eigenvalue weighted by Gasteiger charge is 2.18. The molecule has 5 nitrogen and oxygen atoms in total. The van der Waals surface area contributed by atoms with E-state index in [4.69, 9.17) is 0 Å². The molecule has 2 rings (SSSR count). The van der Waals surface area contributed by atoms with Gasteiger partial charge in [-0.05, 0) is 48.2 Å². The van der Waals surface area contributed by atoms with E-state index >= 15 is 0 Å². The highest BCUT2D eigenvalue weighted by Crippen LogP contribution is 2.23. The molecule has 0 aliphatic heterocycles. The Morgan fingerprint density at radius 1 is 0.960 bits per heavy atom. The number of benzene rings is 2. The third-order valence-electron chi connectivity index (χ3n) is 4.13. The van der Waals surface area contributed by atoms with Crippen molar-refractivity contribution in [3.05, 3.63) is 59.2 Å². The largest absolute Gasteiger partial charge is 0.321 e. The molecule has 0 aliphatic carbocycles. The van der Waals surface area contributed by atoms with Crippen molar-refractivity contribution >= 4 is 21.6 Å². The molecule has 0 saturated heterocycles. The molecule has 1 amide bonds. The van der Waals surface area contributed by atoms with Gasteiger partial charge < -0.3 is 5.32 Å². The van der Waals surface area contributed by atoms with Crippen LogP contribution in [0.25, 0.3) is 0 Å². The molecule has 2 aromatic rings. The zero-order valence-electron chi connectivity index (χ0n) is 15.0. The van der Waals surface area contributed by atoms with Crippen LogP contribution in [0.15, 0.2) is 47.4 Å². The lowest BCUT2D eigenvalue weighted by atomic mass is 10.0. The van der Waals surface area contributed by atoms with Crippen LogP contribution < -0.4 is 5.32 Å². The number of nitrogens with zero attached hydrogens (tertiary/aromatic N) is 1. The number of rotatable bonds is 6. The Morgan fingerprint density at radius 3 is 1.92 bits per heavy atom. The molecular formula is C19H24N2O3S. The van der Waals surface area contributed by atoms with E-state index in [9.17, 15) is 13.2 Å². The summed E-state index contributed by atoms with van der Waals surface area (Å²) in [4.78, 5) is 12.7. The topological polar surface area (TPSA) is 66.5 Å². The Kier molecular flexibility index (Phi) is 5.98. The Balaban J connectivity index is 2.29. The van der Waals surface area contributed by atoms with E-state index in [1.165, 1.54) is 38.4 Å². The van der Waals surface area contributed by atoms with Crippen LogP contribution in [0.5, 0.6) is 0 Å². The number of hydrogen-bond donors (Lipinski definition) is 1. The average Bonchev–Trinajstić information content (AvgIpc) is 2.61. The van der Waals surface area contributed by atoms with Crippen LogP contribution in [0.1, 0.15) is 35.3 Å². The van der Waals surface area contributed by atoms with Gasteiger partial charge >= 0.3 is 0 Å². The summed E-state index contributed by atoms with van der Waals surface area (Å²) in [7, 11) is -0.546. The van der Waals surface area contributed by atoms with Gasteiger partial charge in [0.15, 0.2) is 0 Å². The van der Waals surface area contributed by atoms with Gasteiger partial charge in [-0.25, -0.2) is 12.7 Å². The highest BCUT2D eigenvalue weighted by atomic mass is 32.2. The average molecular weight is 360 g/mol. The van der Waals surface area contributed by atoms with Crippen molar-refractivity contribution in [2.75, 3.05) is 19.4 Å². The standard InChI is InChI=1S/C19H24N2O3S/c1-5-14-8-7-9-15(6-2)18(14)20-19(22)16-10-12-17(13-11-16)25(23,24)21(3)4/h7-13H,5-6H2,1-4H3,(H,20,22). The summed E-state index contributed by atoms with van der Waals surface area (Å²) < 4.78 is 25.3. The number of nitrogens with one attached hydrogen (secondary N) is 1. The van der Waals surface area contributed by atoms with Crippen LogP contribution in [-0.4, -0.2) is 32.7 Å². The lowest BCUT2D eigenvalue weighted by Crippen LogP contribution is -2.22. The van der Waals surface area contributed by atoms with Crippen molar-refractivity contribution in [3.63, 3.8) is 0 Å². The van der Waals surface area contributed by atoms with Crippen molar-refractivity contribution in [1.29, 1.82) is 0 Å². The number of hydrogen-bond acceptors (Lipinski definition) is 3. The van der Waals surface area contributed by atoms with Gasteiger partial charge in [-0.3, -0.25) is 4.79 Å². The second-order valence-corrected chi connectivity index (χ2v) is 8.08. The van der Waals surface area contributed by atoms with Crippen LogP contribution in [0.3, 0.4) is 0 Å². The molecule has 1 N–H and O–H groups in total. The van der Waals surface area contributed by atoms with E-state index in [0.29, 0.717) is 5.56 Å². The predicted octanol–water partition coefficient (Wildman–Crippen LogP) is 3.31. The summed E-state index contributed by atoms with van der Waals surface area (Å²) in [6, 6.07) is 12.0. The minimum Gasteiger partial charge on any atom is -0.321 e. The van der Waals surface area contributed by atoms with Crippen LogP contribution in [0.2, 0.25) is 0 Å². The molecule has 6 heteroatoms. The predicted molar refractivity (Wildman–Crippen MR) is 100 cm³/mol. The summed E-state index contributed by atoms with van der Waals surface area (Å²) in [5.41, 5.74) is 3.44. The van der Waals surface area contributed by atoms with Crippen molar-refractivity contribution < 1.29 is 13.2 Å². The highest BCUT2D eigenvalue weighted by molar-refractivity contribution is 7.89. The number of para-hydroxylation sites is 1. The maximum atomic E-state index is 12.6. The van der Waals surface area contributed by atoms with E-state index in [-0.39, 0.29) is 10.8 Å². The summed E-state index contributed by atoms with van der Waals surface area (Å²) in [6.45, 7) is 4.09. The fourth-order valence-electron chi connectivity index (χ4n) is 2.58. The lowest BCUT2D eigenvalue weighted by molar-refractivity contribution is 0.102. The number of amides is 1. The molecule has 134 valence electrons. The Labute approximate surface area is 149 Å². The van der Waals surface area contributed by atoms with Crippen LogP contribution >= 0.6 is 0 Å². The van der Waals surface area contributed by atoms with E-state index < -0.39 is 10.0 Å². The fraction of sp³-hybridized carbons (Fsp3) is 0.316. The summed E-state index contributed by atoms with van der Waals surface area (Å²) in [5.74, 6) is -0.246. The van der Waals surface area contributed by atoms with Gasteiger partial charge in [0.25, 0.3) is 5.91 Å². The van der Waals surface area contributed by atoms with E-state index in [1.54, 1.807) is 0 Å². The first kappa shape index (κ1) is 19.1. The molecule has 0 fully saturated rings. The normalized spacial score (nSPS) is 11.6. The SMILES string of the molecule is CCc1cccc(CC)c1NC(=O)c1ccc(S(=O)(=O)N(C)C)cc1. The molecule has 2 aromatic carbocycles. The van der Waals surface area contributed by atoms with Crippen molar-refractivity contribution in [2.45, 2.75) is 31.6 Å². The maximum absolute atomic E-state index is 12.6. The Hall–Kier alpha value is -2.18. The van der Waals surface area contributed by atoms with Gasteiger partial charge in [0.2, 0.25) is 10.0 Å². The fourth-order valence-corrected chi connectivity index (χ4v) is 3.48. The number of aryl methyl sites for hydroxylation is 2. The Morgan fingerprint density at radius 2 is 1.48 bits per heavy atom. The van der Waals surface area contributed by atoms with Crippen molar-refractivity contribution in [3.8, 4) is 0 Å². The number of sulfonamides is 1. The van der Waals surface area contributed by atoms with Crippen LogP contribution in [0, 0.1) is 0 Å². The van der Waals surface area contributed by atoms with Gasteiger partial charge in [0.1, 0.15) is 0 Å². The molecule has 0 saturated carbocycles. The molecule has 0 radical (unpaired) electrons. The summed E-state index contributed by atoms with van der Waals surface area (Å²) in [5, 5.41) is 2.98. The molecule has 0 bridgehead atoms. The van der Waals surface area contributed by atoms with E-state index in [0.717, 1.165) is 34.0 Å². The first-order chi connectivity index (χ1) is 11.8. The second-order valence-electron chi connectivity index (χ2n) is 5.92. The zero-order chi connectivity index (χ0) is 18.6. The number of carbonyl (C=O) groups is 1. The quantitative estimate of drug-likeness (QED) is 0.859. The third-order valence-corrected chi connectivity index (χ3v) is 5.96. The molecule has 0 aromatic heterocycles. The molecule has 0 spiro atoms. The second kappa shape index (κ2) is 7.80. The molecular weight excluding hydrogens is 336 g/mol. The molecule has 0 heterocycles. The van der Waals surface area contributed by atoms with Crippen molar-refractivity contribution in [2.24, 2.45) is 0 Å². The molecule has 0 aliphatic rings. The third kappa shape index (κ3) is 4.08. The van der Waals surface area contributed by atoms with Crippen LogP contribution in [0.4, 0.5) is 5.69 Å². The van der Waals surface area contributed by atoms with Gasteiger partial charge in [-0.15, -0.1) is 0 Å². The minimum absolute atomic E-state index is 0.164. The van der Waals surface area contributed by atoms with Gasteiger partial charge in [-0.2, -0.15) is 0 Å². The van der Waals surface area contributed by atoms with E-state index in [1.807, 2.05) is 32.0 Å². The smallest absolute Gasteiger partial charge is 0.255 e. The number of anilines is 1. The van der Waals surface area contributed by atoms with Gasteiger partial charge in [-0.1, -0.05) is 32.0 Å². The minimum atomic E-state index is -3.50. The van der Waals surface area contributed by atoms with Gasteiger partial charge in [0, 0.05) is 25.3 Å². The van der Waals surface area contributed by atoms with E-state index in [2.05, 4.69) is 5.32 Å². The lowest BCUT2D eigenvalue weighted by Gasteiger charge is -2.15. The zero-order valence-corrected chi connectivity index (χ0v) is 15.9. The molecule has 0 unspecified atom stereocenters. The first-order valence-electron chi connectivity index (χ1n) is 8.26. The maximum Gasteiger partial charge on any atom is 0.255 e. The summed E-state index contributed by atoms with van der Waals surface area (Å²) >= 11 is 0. The summed E-state index contributed by atoms with van der Waals surface area (Å²) in [6.07, 6.45) is 1.65. The molecule has 0 atom stereocenters. The van der Waals surface area contributed by atoms with Crippen molar-refractivity contribution in [1.82, 2.24) is 4.31 Å². The molecule has 25 heavy (non-hydrogen) atoms. The monoisotopic (exact) mass is 360 g/mol. The first-order valence-corrected chi connectivity index (χ1v) is 9.70. The number of carbonyl (C=O) groups excluding carboxylic acids is 1.